The molecule has 0 saturated heterocycles. The van der Waals surface area contributed by atoms with Crippen molar-refractivity contribution in [3.63, 3.8) is 0 Å². The number of carbonyl (C=O) groups is 2. The third-order valence-corrected chi connectivity index (χ3v) is 3.42. The van der Waals surface area contributed by atoms with E-state index in [1.165, 1.54) is 0 Å². The Morgan fingerprint density at radius 2 is 1.72 bits per heavy atom. The van der Waals surface area contributed by atoms with Crippen LogP contribution in [0.4, 0.5) is 5.69 Å². The van der Waals surface area contributed by atoms with Crippen LogP contribution in [0.25, 0.3) is 0 Å². The molecule has 2 aromatic carbocycles. The van der Waals surface area contributed by atoms with Gasteiger partial charge in [0.15, 0.2) is 0 Å². The molecule has 0 aliphatic rings. The van der Waals surface area contributed by atoms with E-state index in [9.17, 15) is 9.59 Å². The van der Waals surface area contributed by atoms with Gasteiger partial charge in [-0.3, -0.25) is 9.59 Å². The van der Waals surface area contributed by atoms with Gasteiger partial charge in [0.1, 0.15) is 5.75 Å². The zero-order valence-corrected chi connectivity index (χ0v) is 14.8. The predicted octanol–water partition coefficient (Wildman–Crippen LogP) is 3.72. The first-order chi connectivity index (χ1) is 12.0. The molecule has 0 unspecified atom stereocenters. The summed E-state index contributed by atoms with van der Waals surface area (Å²) in [6.45, 7) is 7.19. The van der Waals surface area contributed by atoms with Crippen LogP contribution in [0.15, 0.2) is 48.5 Å². The standard InChI is InChI=1S/C20H24N2O3/c1-4-21-19(23)15-8-10-17(11-9-15)22-20(24)16-6-5-7-18(12-16)25-13-14(2)3/h5-12,14H,4,13H2,1-3H3,(H,21,23)(H,22,24). The normalized spacial score (nSPS) is 10.4. The Morgan fingerprint density at radius 1 is 1.00 bits per heavy atom. The molecule has 0 aromatic heterocycles. The second kappa shape index (κ2) is 8.87. The SMILES string of the molecule is CCNC(=O)c1ccc(NC(=O)c2cccc(OCC(C)C)c2)cc1. The first kappa shape index (κ1) is 18.5. The maximum Gasteiger partial charge on any atom is 0.255 e. The molecule has 2 amide bonds. The van der Waals surface area contributed by atoms with E-state index in [0.29, 0.717) is 41.6 Å². The van der Waals surface area contributed by atoms with Crippen LogP contribution in [0.1, 0.15) is 41.5 Å². The summed E-state index contributed by atoms with van der Waals surface area (Å²) < 4.78 is 5.65. The van der Waals surface area contributed by atoms with Gasteiger partial charge >= 0.3 is 0 Å². The van der Waals surface area contributed by atoms with Crippen molar-refractivity contribution in [2.75, 3.05) is 18.5 Å². The summed E-state index contributed by atoms with van der Waals surface area (Å²) in [5.41, 5.74) is 1.71. The van der Waals surface area contributed by atoms with Crippen LogP contribution in [0.3, 0.4) is 0 Å². The molecule has 0 heterocycles. The molecule has 2 N–H and O–H groups in total. The average Bonchev–Trinajstić information content (AvgIpc) is 2.61. The van der Waals surface area contributed by atoms with Crippen molar-refractivity contribution in [1.82, 2.24) is 5.32 Å². The van der Waals surface area contributed by atoms with Crippen LogP contribution in [0.2, 0.25) is 0 Å². The van der Waals surface area contributed by atoms with Crippen LogP contribution in [0, 0.1) is 5.92 Å². The van der Waals surface area contributed by atoms with Crippen molar-refractivity contribution in [3.8, 4) is 5.75 Å². The number of anilines is 1. The van der Waals surface area contributed by atoms with Crippen molar-refractivity contribution >= 4 is 17.5 Å². The molecular weight excluding hydrogens is 316 g/mol. The van der Waals surface area contributed by atoms with Gasteiger partial charge in [-0.05, 0) is 55.3 Å². The number of nitrogens with one attached hydrogen (secondary N) is 2. The molecule has 0 fully saturated rings. The lowest BCUT2D eigenvalue weighted by atomic mass is 10.1. The van der Waals surface area contributed by atoms with E-state index in [-0.39, 0.29) is 11.8 Å². The van der Waals surface area contributed by atoms with Crippen molar-refractivity contribution < 1.29 is 14.3 Å². The molecule has 132 valence electrons. The van der Waals surface area contributed by atoms with Crippen LogP contribution >= 0.6 is 0 Å². The summed E-state index contributed by atoms with van der Waals surface area (Å²) in [7, 11) is 0. The molecule has 5 nitrogen and oxygen atoms in total. The molecular formula is C20H24N2O3. The molecule has 0 saturated carbocycles. The molecule has 2 rings (SSSR count). The largest absolute Gasteiger partial charge is 0.493 e. The van der Waals surface area contributed by atoms with Crippen molar-refractivity contribution in [2.45, 2.75) is 20.8 Å². The number of hydrogen-bond acceptors (Lipinski definition) is 3. The van der Waals surface area contributed by atoms with Crippen molar-refractivity contribution in [2.24, 2.45) is 5.92 Å². The molecule has 25 heavy (non-hydrogen) atoms. The van der Waals surface area contributed by atoms with Gasteiger partial charge in [0.05, 0.1) is 6.61 Å². The first-order valence-electron chi connectivity index (χ1n) is 8.42. The Morgan fingerprint density at radius 3 is 2.36 bits per heavy atom. The second-order valence-corrected chi connectivity index (χ2v) is 6.12. The van der Waals surface area contributed by atoms with E-state index >= 15 is 0 Å². The third-order valence-electron chi connectivity index (χ3n) is 3.42. The summed E-state index contributed by atoms with van der Waals surface area (Å²) in [6, 6.07) is 13.9. The van der Waals surface area contributed by atoms with E-state index in [4.69, 9.17) is 4.74 Å². The van der Waals surface area contributed by atoms with Crippen molar-refractivity contribution in [1.29, 1.82) is 0 Å². The monoisotopic (exact) mass is 340 g/mol. The Balaban J connectivity index is 2.02. The predicted molar refractivity (Wildman–Crippen MR) is 99.2 cm³/mol. The molecule has 0 atom stereocenters. The zero-order valence-electron chi connectivity index (χ0n) is 14.8. The van der Waals surface area contributed by atoms with Crippen LogP contribution in [-0.4, -0.2) is 25.0 Å². The fraction of sp³-hybridized carbons (Fsp3) is 0.300. The van der Waals surface area contributed by atoms with Gasteiger partial charge in [0.2, 0.25) is 0 Å². The highest BCUT2D eigenvalue weighted by molar-refractivity contribution is 6.04. The topological polar surface area (TPSA) is 67.4 Å². The Labute approximate surface area is 148 Å². The zero-order chi connectivity index (χ0) is 18.2. The van der Waals surface area contributed by atoms with E-state index in [0.717, 1.165) is 0 Å². The average molecular weight is 340 g/mol. The van der Waals surface area contributed by atoms with Gasteiger partial charge in [-0.2, -0.15) is 0 Å². The summed E-state index contributed by atoms with van der Waals surface area (Å²) in [5, 5.41) is 5.56. The summed E-state index contributed by atoms with van der Waals surface area (Å²) in [6.07, 6.45) is 0. The smallest absolute Gasteiger partial charge is 0.255 e. The minimum Gasteiger partial charge on any atom is -0.493 e. The van der Waals surface area contributed by atoms with Crippen molar-refractivity contribution in [3.05, 3.63) is 59.7 Å². The lowest BCUT2D eigenvalue weighted by Crippen LogP contribution is -2.22. The highest BCUT2D eigenvalue weighted by Gasteiger charge is 2.09. The maximum atomic E-state index is 12.4. The van der Waals surface area contributed by atoms with Gasteiger partial charge < -0.3 is 15.4 Å². The van der Waals surface area contributed by atoms with Crippen LogP contribution in [0.5, 0.6) is 5.75 Å². The van der Waals surface area contributed by atoms with Crippen LogP contribution < -0.4 is 15.4 Å². The number of hydrogen-bond donors (Lipinski definition) is 2. The third kappa shape index (κ3) is 5.64. The Kier molecular flexibility index (Phi) is 6.57. The first-order valence-corrected chi connectivity index (χ1v) is 8.42. The fourth-order valence-electron chi connectivity index (χ4n) is 2.16. The van der Waals surface area contributed by atoms with E-state index in [1.807, 2.05) is 13.0 Å². The highest BCUT2D eigenvalue weighted by Crippen LogP contribution is 2.16. The summed E-state index contributed by atoms with van der Waals surface area (Å²) >= 11 is 0. The fourth-order valence-corrected chi connectivity index (χ4v) is 2.16. The molecule has 0 spiro atoms. The maximum absolute atomic E-state index is 12.4. The summed E-state index contributed by atoms with van der Waals surface area (Å²) in [5.74, 6) is 0.741. The minimum absolute atomic E-state index is 0.129. The number of carbonyl (C=O) groups excluding carboxylic acids is 2. The number of rotatable bonds is 7. The molecule has 2 aromatic rings. The second-order valence-electron chi connectivity index (χ2n) is 6.12. The van der Waals surface area contributed by atoms with Gasteiger partial charge in [0.25, 0.3) is 11.8 Å². The van der Waals surface area contributed by atoms with Gasteiger partial charge in [-0.25, -0.2) is 0 Å². The number of benzene rings is 2. The lowest BCUT2D eigenvalue weighted by Gasteiger charge is -2.10. The molecule has 0 aliphatic heterocycles. The lowest BCUT2D eigenvalue weighted by molar-refractivity contribution is 0.0955. The van der Waals surface area contributed by atoms with Gasteiger partial charge in [-0.1, -0.05) is 19.9 Å². The Hall–Kier alpha value is -2.82. The molecule has 0 radical (unpaired) electrons. The van der Waals surface area contributed by atoms with E-state index < -0.39 is 0 Å². The number of amides is 2. The Bertz CT molecular complexity index is 724. The summed E-state index contributed by atoms with van der Waals surface area (Å²) in [4.78, 5) is 24.1. The molecule has 0 bridgehead atoms. The van der Waals surface area contributed by atoms with Gasteiger partial charge in [-0.15, -0.1) is 0 Å². The van der Waals surface area contributed by atoms with Crippen LogP contribution in [-0.2, 0) is 0 Å². The minimum atomic E-state index is -0.222. The van der Waals surface area contributed by atoms with E-state index in [2.05, 4.69) is 24.5 Å². The quantitative estimate of drug-likeness (QED) is 0.807. The number of ether oxygens (including phenoxy) is 1. The molecule has 5 heteroatoms. The van der Waals surface area contributed by atoms with E-state index in [1.54, 1.807) is 42.5 Å². The molecule has 0 aliphatic carbocycles. The van der Waals surface area contributed by atoms with Gasteiger partial charge in [0, 0.05) is 23.4 Å². The highest BCUT2D eigenvalue weighted by atomic mass is 16.5.